The van der Waals surface area contributed by atoms with E-state index in [2.05, 4.69) is 4.99 Å². The van der Waals surface area contributed by atoms with Crippen molar-refractivity contribution in [3.8, 4) is 0 Å². The van der Waals surface area contributed by atoms with Gasteiger partial charge in [-0.2, -0.15) is 0 Å². The van der Waals surface area contributed by atoms with Gasteiger partial charge >= 0.3 is 0 Å². The molecule has 0 N–H and O–H groups in total. The van der Waals surface area contributed by atoms with Gasteiger partial charge in [0.2, 0.25) is 0 Å². The molecule has 2 unspecified atom stereocenters. The van der Waals surface area contributed by atoms with Gasteiger partial charge in [0, 0.05) is 19.2 Å². The van der Waals surface area contributed by atoms with Crippen molar-refractivity contribution < 1.29 is 13.5 Å². The molecule has 6 heteroatoms. The molecule has 1 heterocycles. The molecule has 2 aliphatic rings. The smallest absolute Gasteiger partial charge is 0.253 e. The summed E-state index contributed by atoms with van der Waals surface area (Å²) in [5.41, 5.74) is -0.368. The predicted molar refractivity (Wildman–Crippen MR) is 53.6 cm³/mol. The molecular weight excluding hydrogens is 226 g/mol. The zero-order valence-electron chi connectivity index (χ0n) is 8.37. The number of hydrogen-bond donors (Lipinski definition) is 0. The maximum atomic E-state index is 12.5. The van der Waals surface area contributed by atoms with E-state index in [-0.39, 0.29) is 24.8 Å². The Hall–Kier alpha value is -0.260. The highest BCUT2D eigenvalue weighted by Gasteiger charge is 2.56. The fraction of sp³-hybridized carbons (Fsp3) is 0.889. The number of rotatable bonds is 3. The van der Waals surface area contributed by atoms with Crippen molar-refractivity contribution in [2.45, 2.75) is 24.1 Å². The van der Waals surface area contributed by atoms with E-state index in [0.29, 0.717) is 6.54 Å². The summed E-state index contributed by atoms with van der Waals surface area (Å²) in [7, 11) is 1.82. The molecule has 0 bridgehead atoms. The lowest BCUT2D eigenvalue weighted by molar-refractivity contribution is 0.0268. The van der Waals surface area contributed by atoms with Gasteiger partial charge in [-0.1, -0.05) is 11.6 Å². The molecular formula is C9H13ClF2N2O. The highest BCUT2D eigenvalue weighted by atomic mass is 35.5. The first-order chi connectivity index (χ1) is 6.99. The molecule has 3 atom stereocenters. The van der Waals surface area contributed by atoms with E-state index in [1.807, 2.05) is 7.05 Å². The SMILES string of the molecule is CN1CC(OCC2CC2(F)F)C=N[C@@H]1Cl. The molecule has 0 amide bonds. The Morgan fingerprint density at radius 2 is 2.33 bits per heavy atom. The van der Waals surface area contributed by atoms with Crippen molar-refractivity contribution in [3.63, 3.8) is 0 Å². The first-order valence-electron chi connectivity index (χ1n) is 4.86. The van der Waals surface area contributed by atoms with Gasteiger partial charge in [0.05, 0.1) is 12.5 Å². The summed E-state index contributed by atoms with van der Waals surface area (Å²) in [6.07, 6.45) is 1.32. The van der Waals surface area contributed by atoms with Gasteiger partial charge in [0.25, 0.3) is 5.92 Å². The largest absolute Gasteiger partial charge is 0.371 e. The average Bonchev–Trinajstić information content (AvgIpc) is 2.77. The normalized spacial score (nSPS) is 39.3. The van der Waals surface area contributed by atoms with Crippen molar-refractivity contribution in [1.29, 1.82) is 0 Å². The molecule has 0 aromatic carbocycles. The lowest BCUT2D eigenvalue weighted by atomic mass is 10.3. The van der Waals surface area contributed by atoms with Crippen LogP contribution in [0.2, 0.25) is 0 Å². The highest BCUT2D eigenvalue weighted by molar-refractivity contribution is 6.20. The molecule has 15 heavy (non-hydrogen) atoms. The summed E-state index contributed by atoms with van der Waals surface area (Å²) in [6, 6.07) is 0. The van der Waals surface area contributed by atoms with Gasteiger partial charge in [-0.15, -0.1) is 0 Å². The van der Waals surface area contributed by atoms with E-state index in [9.17, 15) is 8.78 Å². The first kappa shape index (κ1) is 11.2. The third-order valence-corrected chi connectivity index (χ3v) is 3.12. The monoisotopic (exact) mass is 238 g/mol. The van der Waals surface area contributed by atoms with Crippen LogP contribution >= 0.6 is 11.6 Å². The van der Waals surface area contributed by atoms with Crippen molar-refractivity contribution in [1.82, 2.24) is 4.90 Å². The number of halogens is 3. The van der Waals surface area contributed by atoms with Crippen molar-refractivity contribution in [2.24, 2.45) is 10.9 Å². The zero-order valence-corrected chi connectivity index (χ0v) is 9.12. The van der Waals surface area contributed by atoms with Crippen LogP contribution in [-0.4, -0.2) is 49.0 Å². The Morgan fingerprint density at radius 1 is 1.67 bits per heavy atom. The summed E-state index contributed by atoms with van der Waals surface area (Å²) in [5, 5.41) is 0. The van der Waals surface area contributed by atoms with Crippen LogP contribution in [0.15, 0.2) is 4.99 Å². The van der Waals surface area contributed by atoms with Crippen molar-refractivity contribution >= 4 is 17.8 Å². The van der Waals surface area contributed by atoms with E-state index in [4.69, 9.17) is 16.3 Å². The maximum Gasteiger partial charge on any atom is 0.253 e. The quantitative estimate of drug-likeness (QED) is 0.551. The van der Waals surface area contributed by atoms with Gasteiger partial charge in [0.1, 0.15) is 6.10 Å². The lowest BCUT2D eigenvalue weighted by Crippen LogP contribution is -2.40. The molecule has 2 rings (SSSR count). The summed E-state index contributed by atoms with van der Waals surface area (Å²) in [5.74, 6) is -3.11. The second-order valence-corrected chi connectivity index (χ2v) is 4.47. The summed E-state index contributed by atoms with van der Waals surface area (Å²) < 4.78 is 30.4. The standard InChI is InChI=1S/C9H13ClF2N2O/c1-14-4-7(3-13-8(14)10)15-5-6-2-9(6,11)12/h3,6-8H,2,4-5H2,1H3/t6?,7?,8-/m0/s1. The van der Waals surface area contributed by atoms with Gasteiger partial charge in [-0.05, 0) is 7.05 Å². The molecule has 0 spiro atoms. The Labute approximate surface area is 92.1 Å². The predicted octanol–water partition coefficient (Wildman–Crippen LogP) is 1.57. The van der Waals surface area contributed by atoms with Crippen LogP contribution in [0.5, 0.6) is 0 Å². The second-order valence-electron chi connectivity index (χ2n) is 4.08. The molecule has 1 aliphatic heterocycles. The van der Waals surface area contributed by atoms with E-state index >= 15 is 0 Å². The number of ether oxygens (including phenoxy) is 1. The Balaban J connectivity index is 1.75. The highest BCUT2D eigenvalue weighted by Crippen LogP contribution is 2.48. The van der Waals surface area contributed by atoms with Crippen LogP contribution in [-0.2, 0) is 4.74 Å². The third-order valence-electron chi connectivity index (χ3n) is 2.67. The van der Waals surface area contributed by atoms with E-state index in [1.54, 1.807) is 11.1 Å². The van der Waals surface area contributed by atoms with Crippen LogP contribution in [0.4, 0.5) is 8.78 Å². The average molecular weight is 239 g/mol. The minimum atomic E-state index is -2.51. The van der Waals surface area contributed by atoms with Gasteiger partial charge < -0.3 is 4.74 Å². The van der Waals surface area contributed by atoms with Crippen LogP contribution in [0, 0.1) is 5.92 Å². The summed E-state index contributed by atoms with van der Waals surface area (Å²) in [4.78, 5) is 5.78. The van der Waals surface area contributed by atoms with Crippen LogP contribution < -0.4 is 0 Å². The minimum Gasteiger partial charge on any atom is -0.371 e. The molecule has 1 saturated carbocycles. The number of likely N-dealkylation sites (N-methyl/N-ethyl adjacent to an activating group) is 1. The zero-order chi connectivity index (χ0) is 11.1. The fourth-order valence-electron chi connectivity index (χ4n) is 1.48. The molecule has 0 saturated heterocycles. The van der Waals surface area contributed by atoms with Gasteiger partial charge in [0.15, 0.2) is 5.62 Å². The molecule has 3 nitrogen and oxygen atoms in total. The van der Waals surface area contributed by atoms with Gasteiger partial charge in [-0.3, -0.25) is 9.89 Å². The summed E-state index contributed by atoms with van der Waals surface area (Å²) >= 11 is 5.81. The Bertz CT molecular complexity index is 275. The van der Waals surface area contributed by atoms with Crippen LogP contribution in [0.25, 0.3) is 0 Å². The number of hydrogen-bond acceptors (Lipinski definition) is 3. The minimum absolute atomic E-state index is 0.0508. The fourth-order valence-corrected chi connectivity index (χ4v) is 1.63. The number of nitrogens with zero attached hydrogens (tertiary/aromatic N) is 2. The molecule has 1 fully saturated rings. The molecule has 0 radical (unpaired) electrons. The van der Waals surface area contributed by atoms with Gasteiger partial charge in [-0.25, -0.2) is 8.78 Å². The lowest BCUT2D eigenvalue weighted by Gasteiger charge is -2.28. The van der Waals surface area contributed by atoms with Crippen molar-refractivity contribution in [2.75, 3.05) is 20.2 Å². The maximum absolute atomic E-state index is 12.5. The van der Waals surface area contributed by atoms with E-state index < -0.39 is 11.8 Å². The molecule has 0 aromatic heterocycles. The number of aliphatic imine (C=N–C) groups is 1. The second kappa shape index (κ2) is 3.96. The first-order valence-corrected chi connectivity index (χ1v) is 5.30. The van der Waals surface area contributed by atoms with Crippen molar-refractivity contribution in [3.05, 3.63) is 0 Å². The molecule has 0 aromatic rings. The number of alkyl halides is 3. The Kier molecular flexibility index (Phi) is 2.96. The van der Waals surface area contributed by atoms with Crippen LogP contribution in [0.3, 0.4) is 0 Å². The third kappa shape index (κ3) is 2.65. The summed E-state index contributed by atoms with van der Waals surface area (Å²) in [6.45, 7) is 0.695. The Morgan fingerprint density at radius 3 is 2.87 bits per heavy atom. The van der Waals surface area contributed by atoms with E-state index in [0.717, 1.165) is 0 Å². The van der Waals surface area contributed by atoms with Crippen LogP contribution in [0.1, 0.15) is 6.42 Å². The topological polar surface area (TPSA) is 24.8 Å². The molecule has 86 valence electrons. The molecule has 1 aliphatic carbocycles. The van der Waals surface area contributed by atoms with E-state index in [1.165, 1.54) is 0 Å².